The van der Waals surface area contributed by atoms with Crippen molar-refractivity contribution in [3.8, 4) is 0 Å². The van der Waals surface area contributed by atoms with Crippen molar-refractivity contribution in [2.24, 2.45) is 0 Å². The van der Waals surface area contributed by atoms with Gasteiger partial charge in [0.15, 0.2) is 5.78 Å². The number of halogens is 1. The van der Waals surface area contributed by atoms with Crippen molar-refractivity contribution in [2.75, 3.05) is 10.6 Å². The Balaban J connectivity index is 1.97. The van der Waals surface area contributed by atoms with Crippen LogP contribution in [-0.4, -0.2) is 17.6 Å². The Bertz CT molecular complexity index is 825. The Labute approximate surface area is 159 Å². The number of anilines is 2. The van der Waals surface area contributed by atoms with E-state index < -0.39 is 5.91 Å². The predicted octanol–water partition coefficient (Wildman–Crippen LogP) is 4.02. The summed E-state index contributed by atoms with van der Waals surface area (Å²) in [6.45, 7) is 3.05. The van der Waals surface area contributed by atoms with Gasteiger partial charge in [-0.1, -0.05) is 0 Å². The van der Waals surface area contributed by atoms with Gasteiger partial charge in [-0.25, -0.2) is 0 Å². The number of benzene rings is 2. The van der Waals surface area contributed by atoms with E-state index in [0.717, 1.165) is 3.57 Å². The zero-order valence-corrected chi connectivity index (χ0v) is 16.0. The van der Waals surface area contributed by atoms with Crippen LogP contribution in [0, 0.1) is 3.57 Å². The summed E-state index contributed by atoms with van der Waals surface area (Å²) in [7, 11) is 0. The Morgan fingerprint density at radius 1 is 0.840 bits per heavy atom. The molecule has 0 saturated carbocycles. The minimum Gasteiger partial charge on any atom is -0.323 e. The lowest BCUT2D eigenvalue weighted by molar-refractivity contribution is -0.114. The van der Waals surface area contributed by atoms with Crippen LogP contribution in [0.4, 0.5) is 11.4 Å². The molecule has 2 aromatic carbocycles. The summed E-state index contributed by atoms with van der Waals surface area (Å²) in [6, 6.07) is 13.9. The predicted molar refractivity (Wildman–Crippen MR) is 107 cm³/mol. The Morgan fingerprint density at radius 3 is 1.92 bits per heavy atom. The molecule has 0 radical (unpaired) electrons. The number of hydrogen-bond donors (Lipinski definition) is 2. The molecule has 2 N–H and O–H groups in total. The van der Waals surface area contributed by atoms with Crippen molar-refractivity contribution >= 4 is 51.6 Å². The topological polar surface area (TPSA) is 75.3 Å². The maximum atomic E-state index is 12.1. The molecule has 0 spiro atoms. The van der Waals surface area contributed by atoms with E-state index in [1.165, 1.54) is 13.0 Å². The first-order chi connectivity index (χ1) is 11.8. The van der Waals surface area contributed by atoms with Gasteiger partial charge >= 0.3 is 0 Å². The summed E-state index contributed by atoms with van der Waals surface area (Å²) in [6.07, 6.45) is 1.24. The number of amides is 2. The molecule has 0 atom stereocenters. The average Bonchev–Trinajstić information content (AvgIpc) is 2.57. The molecule has 6 heteroatoms. The fourth-order valence-corrected chi connectivity index (χ4v) is 2.35. The highest BCUT2D eigenvalue weighted by Gasteiger charge is 2.08. The van der Waals surface area contributed by atoms with E-state index in [2.05, 4.69) is 33.2 Å². The molecule has 0 aliphatic carbocycles. The van der Waals surface area contributed by atoms with Crippen LogP contribution in [0.2, 0.25) is 0 Å². The molecule has 0 saturated heterocycles. The van der Waals surface area contributed by atoms with Crippen molar-refractivity contribution in [2.45, 2.75) is 13.8 Å². The van der Waals surface area contributed by atoms with Crippen LogP contribution in [0.5, 0.6) is 0 Å². The average molecular weight is 448 g/mol. The molecule has 0 aliphatic rings. The summed E-state index contributed by atoms with van der Waals surface area (Å²) >= 11 is 2.18. The van der Waals surface area contributed by atoms with Gasteiger partial charge in [-0.2, -0.15) is 0 Å². The van der Waals surface area contributed by atoms with Crippen LogP contribution in [0.3, 0.4) is 0 Å². The van der Waals surface area contributed by atoms with Crippen LogP contribution < -0.4 is 10.6 Å². The second-order valence-corrected chi connectivity index (χ2v) is 6.66. The first kappa shape index (κ1) is 18.9. The van der Waals surface area contributed by atoms with Crippen LogP contribution in [0.1, 0.15) is 24.2 Å². The molecule has 5 nitrogen and oxygen atoms in total. The van der Waals surface area contributed by atoms with Crippen LogP contribution >= 0.6 is 22.6 Å². The molecule has 0 heterocycles. The molecule has 0 fully saturated rings. The van der Waals surface area contributed by atoms with Gasteiger partial charge in [-0.15, -0.1) is 0 Å². The summed E-state index contributed by atoms with van der Waals surface area (Å²) in [5.74, 6) is -0.796. The van der Waals surface area contributed by atoms with Gasteiger partial charge in [0.1, 0.15) is 0 Å². The lowest BCUT2D eigenvalue weighted by Gasteiger charge is -2.06. The monoisotopic (exact) mass is 448 g/mol. The highest BCUT2D eigenvalue weighted by molar-refractivity contribution is 14.1. The van der Waals surface area contributed by atoms with Gasteiger partial charge in [0, 0.05) is 32.2 Å². The van der Waals surface area contributed by atoms with E-state index in [-0.39, 0.29) is 17.3 Å². The number of carbonyl (C=O) groups excluding carboxylic acids is 3. The molecule has 0 aromatic heterocycles. The molecule has 128 valence electrons. The summed E-state index contributed by atoms with van der Waals surface area (Å²) in [4.78, 5) is 35.3. The Morgan fingerprint density at radius 2 is 1.36 bits per heavy atom. The van der Waals surface area contributed by atoms with Gasteiger partial charge in [0.2, 0.25) is 5.91 Å². The maximum absolute atomic E-state index is 12.1. The third-order valence-corrected chi connectivity index (χ3v) is 4.09. The lowest BCUT2D eigenvalue weighted by atomic mass is 10.1. The summed E-state index contributed by atoms with van der Waals surface area (Å²) in [5, 5.41) is 5.39. The second kappa shape index (κ2) is 8.57. The first-order valence-electron chi connectivity index (χ1n) is 7.52. The number of rotatable bonds is 5. The van der Waals surface area contributed by atoms with Crippen LogP contribution in [0.25, 0.3) is 0 Å². The maximum Gasteiger partial charge on any atom is 0.251 e. The molecule has 0 aliphatic heterocycles. The van der Waals surface area contributed by atoms with E-state index in [1.54, 1.807) is 43.3 Å². The lowest BCUT2D eigenvalue weighted by Crippen LogP contribution is -2.16. The molecule has 2 rings (SSSR count). The van der Waals surface area contributed by atoms with Crippen LogP contribution in [-0.2, 0) is 9.59 Å². The van der Waals surface area contributed by atoms with E-state index in [4.69, 9.17) is 0 Å². The highest BCUT2D eigenvalue weighted by Crippen LogP contribution is 2.13. The number of carbonyl (C=O) groups is 3. The third kappa shape index (κ3) is 5.82. The smallest absolute Gasteiger partial charge is 0.251 e. The van der Waals surface area contributed by atoms with E-state index >= 15 is 0 Å². The number of ketones is 1. The minimum absolute atomic E-state index is 0.0408. The van der Waals surface area contributed by atoms with Gasteiger partial charge in [0.05, 0.1) is 0 Å². The number of Topliss-reactive ketones (excluding diaryl/α,β-unsaturated/α-hetero) is 1. The van der Waals surface area contributed by atoms with E-state index in [9.17, 15) is 14.4 Å². The SMILES string of the molecule is CC(=O)c1ccc(NC(=O)/C=C(/C)C(=O)Nc2ccc(I)cc2)cc1. The largest absolute Gasteiger partial charge is 0.323 e. The van der Waals surface area contributed by atoms with Crippen molar-refractivity contribution in [1.29, 1.82) is 0 Å². The van der Waals surface area contributed by atoms with Gasteiger partial charge in [0.25, 0.3) is 5.91 Å². The van der Waals surface area contributed by atoms with E-state index in [0.29, 0.717) is 16.9 Å². The zero-order chi connectivity index (χ0) is 18.4. The van der Waals surface area contributed by atoms with Gasteiger partial charge in [-0.3, -0.25) is 14.4 Å². The molecular weight excluding hydrogens is 431 g/mol. The number of nitrogens with one attached hydrogen (secondary N) is 2. The minimum atomic E-state index is -0.411. The standard InChI is InChI=1S/C19H17IN2O3/c1-12(19(25)22-17-9-5-15(20)6-10-17)11-18(24)21-16-7-3-14(4-8-16)13(2)23/h3-11H,1-2H3,(H,21,24)(H,22,25)/b12-11-. The summed E-state index contributed by atoms with van der Waals surface area (Å²) < 4.78 is 1.07. The van der Waals surface area contributed by atoms with E-state index in [1.807, 2.05) is 12.1 Å². The molecule has 2 aromatic rings. The fourth-order valence-electron chi connectivity index (χ4n) is 1.99. The fraction of sp³-hybridized carbons (Fsp3) is 0.105. The molecule has 0 bridgehead atoms. The van der Waals surface area contributed by atoms with Gasteiger partial charge in [-0.05, 0) is 85.0 Å². The first-order valence-corrected chi connectivity index (χ1v) is 8.60. The second-order valence-electron chi connectivity index (χ2n) is 5.41. The van der Waals surface area contributed by atoms with Gasteiger partial charge < -0.3 is 10.6 Å². The molecule has 2 amide bonds. The zero-order valence-electron chi connectivity index (χ0n) is 13.8. The van der Waals surface area contributed by atoms with Crippen molar-refractivity contribution in [3.05, 3.63) is 69.3 Å². The Kier molecular flexibility index (Phi) is 6.46. The quantitative estimate of drug-likeness (QED) is 0.412. The molecular formula is C19H17IN2O3. The highest BCUT2D eigenvalue weighted by atomic mass is 127. The molecule has 0 unspecified atom stereocenters. The molecule has 25 heavy (non-hydrogen) atoms. The van der Waals surface area contributed by atoms with Crippen LogP contribution in [0.15, 0.2) is 60.2 Å². The third-order valence-electron chi connectivity index (χ3n) is 3.37. The van der Waals surface area contributed by atoms with Crippen molar-refractivity contribution in [1.82, 2.24) is 0 Å². The normalized spacial score (nSPS) is 10.9. The summed E-state index contributed by atoms with van der Waals surface area (Å²) in [5.41, 5.74) is 2.08. The van der Waals surface area contributed by atoms with Crippen molar-refractivity contribution in [3.63, 3.8) is 0 Å². The Hall–Kier alpha value is -2.48. The number of hydrogen-bond acceptors (Lipinski definition) is 3. The van der Waals surface area contributed by atoms with Crippen molar-refractivity contribution < 1.29 is 14.4 Å².